The molecule has 1 aliphatic rings. The van der Waals surface area contributed by atoms with Gasteiger partial charge in [-0.25, -0.2) is 9.97 Å². The van der Waals surface area contributed by atoms with Crippen LogP contribution in [0, 0.1) is 0 Å². The lowest BCUT2D eigenvalue weighted by molar-refractivity contribution is 0.0267. The lowest BCUT2D eigenvalue weighted by Crippen LogP contribution is -2.33. The molecule has 6 heteroatoms. The SMILES string of the molecule is NC1CCC(OCCNC(=O)c2cncnc2)CC1. The molecule has 2 rings (SSSR count). The molecule has 6 nitrogen and oxygen atoms in total. The van der Waals surface area contributed by atoms with Gasteiger partial charge in [-0.05, 0) is 25.7 Å². The van der Waals surface area contributed by atoms with Gasteiger partial charge in [0.25, 0.3) is 5.91 Å². The van der Waals surface area contributed by atoms with Crippen molar-refractivity contribution in [1.82, 2.24) is 15.3 Å². The molecule has 0 atom stereocenters. The quantitative estimate of drug-likeness (QED) is 0.755. The Hall–Kier alpha value is -1.53. The maximum Gasteiger partial charge on any atom is 0.254 e. The van der Waals surface area contributed by atoms with Crippen molar-refractivity contribution in [3.8, 4) is 0 Å². The van der Waals surface area contributed by atoms with Gasteiger partial charge in [-0.3, -0.25) is 4.79 Å². The van der Waals surface area contributed by atoms with Crippen molar-refractivity contribution in [3.05, 3.63) is 24.3 Å². The molecule has 0 unspecified atom stereocenters. The molecular formula is C13H20N4O2. The Morgan fingerprint density at radius 1 is 1.32 bits per heavy atom. The van der Waals surface area contributed by atoms with E-state index in [1.54, 1.807) is 0 Å². The molecule has 1 heterocycles. The van der Waals surface area contributed by atoms with E-state index in [0.717, 1.165) is 25.7 Å². The van der Waals surface area contributed by atoms with Crippen molar-refractivity contribution in [3.63, 3.8) is 0 Å². The van der Waals surface area contributed by atoms with Gasteiger partial charge < -0.3 is 15.8 Å². The number of nitrogens with zero attached hydrogens (tertiary/aromatic N) is 2. The maximum atomic E-state index is 11.7. The first-order valence-electron chi connectivity index (χ1n) is 6.66. The lowest BCUT2D eigenvalue weighted by Gasteiger charge is -2.26. The van der Waals surface area contributed by atoms with Gasteiger partial charge >= 0.3 is 0 Å². The number of hydrogen-bond donors (Lipinski definition) is 2. The molecule has 3 N–H and O–H groups in total. The van der Waals surface area contributed by atoms with Crippen LogP contribution < -0.4 is 11.1 Å². The lowest BCUT2D eigenvalue weighted by atomic mass is 9.94. The van der Waals surface area contributed by atoms with Crippen LogP contribution >= 0.6 is 0 Å². The van der Waals surface area contributed by atoms with Crippen molar-refractivity contribution < 1.29 is 9.53 Å². The van der Waals surface area contributed by atoms with E-state index in [-0.39, 0.29) is 12.0 Å². The Bertz CT molecular complexity index is 391. The predicted molar refractivity (Wildman–Crippen MR) is 70.5 cm³/mol. The number of hydrogen-bond acceptors (Lipinski definition) is 5. The molecule has 19 heavy (non-hydrogen) atoms. The van der Waals surface area contributed by atoms with Crippen LogP contribution in [0.1, 0.15) is 36.0 Å². The second kappa shape index (κ2) is 7.16. The van der Waals surface area contributed by atoms with Gasteiger partial charge in [0.1, 0.15) is 6.33 Å². The molecule has 0 bridgehead atoms. The third-order valence-electron chi connectivity index (χ3n) is 3.28. The van der Waals surface area contributed by atoms with Crippen molar-refractivity contribution in [2.75, 3.05) is 13.2 Å². The van der Waals surface area contributed by atoms with Crippen LogP contribution in [-0.4, -0.2) is 41.2 Å². The monoisotopic (exact) mass is 264 g/mol. The molecule has 0 spiro atoms. The minimum atomic E-state index is -0.171. The van der Waals surface area contributed by atoms with Gasteiger partial charge in [0, 0.05) is 25.0 Å². The highest BCUT2D eigenvalue weighted by molar-refractivity contribution is 5.93. The molecule has 1 aromatic rings. The normalized spacial score (nSPS) is 23.0. The van der Waals surface area contributed by atoms with Crippen molar-refractivity contribution in [2.45, 2.75) is 37.8 Å². The highest BCUT2D eigenvalue weighted by Crippen LogP contribution is 2.19. The molecule has 0 aromatic carbocycles. The molecule has 1 saturated carbocycles. The first-order valence-corrected chi connectivity index (χ1v) is 6.66. The minimum absolute atomic E-state index is 0.171. The van der Waals surface area contributed by atoms with Gasteiger partial charge in [-0.15, -0.1) is 0 Å². The number of nitrogens with one attached hydrogen (secondary N) is 1. The topological polar surface area (TPSA) is 90.1 Å². The third-order valence-corrected chi connectivity index (χ3v) is 3.28. The summed E-state index contributed by atoms with van der Waals surface area (Å²) in [6, 6.07) is 0.331. The average molecular weight is 264 g/mol. The van der Waals surface area contributed by atoms with Crippen LogP contribution in [0.5, 0.6) is 0 Å². The van der Waals surface area contributed by atoms with Crippen LogP contribution in [0.25, 0.3) is 0 Å². The molecular weight excluding hydrogens is 244 g/mol. The molecule has 0 aliphatic heterocycles. The zero-order valence-corrected chi connectivity index (χ0v) is 10.9. The maximum absolute atomic E-state index is 11.7. The first-order chi connectivity index (χ1) is 9.25. The summed E-state index contributed by atoms with van der Waals surface area (Å²) >= 11 is 0. The first kappa shape index (κ1) is 13.9. The molecule has 1 aromatic heterocycles. The predicted octanol–water partition coefficient (Wildman–Crippen LogP) is 0.493. The van der Waals surface area contributed by atoms with Crippen molar-refractivity contribution in [2.24, 2.45) is 5.73 Å². The molecule has 0 radical (unpaired) electrons. The van der Waals surface area contributed by atoms with Crippen molar-refractivity contribution >= 4 is 5.91 Å². The van der Waals surface area contributed by atoms with E-state index in [1.165, 1.54) is 18.7 Å². The Kier molecular flexibility index (Phi) is 5.23. The van der Waals surface area contributed by atoms with Crippen molar-refractivity contribution in [1.29, 1.82) is 0 Å². The second-order valence-corrected chi connectivity index (χ2v) is 4.79. The van der Waals surface area contributed by atoms with Gasteiger partial charge in [-0.2, -0.15) is 0 Å². The third kappa shape index (κ3) is 4.57. The standard InChI is InChI=1S/C13H20N4O2/c14-11-1-3-12(4-2-11)19-6-5-17-13(18)10-7-15-9-16-8-10/h7-9,11-12H,1-6,14H2,(H,17,18). The van der Waals surface area contributed by atoms with Gasteiger partial charge in [0.05, 0.1) is 18.3 Å². The summed E-state index contributed by atoms with van der Waals surface area (Å²) in [4.78, 5) is 19.3. The van der Waals surface area contributed by atoms with Crippen LogP contribution in [-0.2, 0) is 4.74 Å². The van der Waals surface area contributed by atoms with E-state index < -0.39 is 0 Å². The molecule has 1 amide bonds. The fourth-order valence-electron chi connectivity index (χ4n) is 2.16. The highest BCUT2D eigenvalue weighted by Gasteiger charge is 2.18. The molecule has 0 saturated heterocycles. The second-order valence-electron chi connectivity index (χ2n) is 4.79. The number of ether oxygens (including phenoxy) is 1. The summed E-state index contributed by atoms with van der Waals surface area (Å²) < 4.78 is 5.72. The van der Waals surface area contributed by atoms with E-state index in [1.807, 2.05) is 0 Å². The number of rotatable bonds is 5. The summed E-state index contributed by atoms with van der Waals surface area (Å²) in [7, 11) is 0. The van der Waals surface area contributed by atoms with E-state index in [4.69, 9.17) is 10.5 Å². The van der Waals surface area contributed by atoms with E-state index >= 15 is 0 Å². The summed E-state index contributed by atoms with van der Waals surface area (Å²) in [5.74, 6) is -0.171. The number of aromatic nitrogens is 2. The minimum Gasteiger partial charge on any atom is -0.376 e. The summed E-state index contributed by atoms with van der Waals surface area (Å²) in [6.07, 6.45) is 8.75. The van der Waals surface area contributed by atoms with E-state index in [2.05, 4.69) is 15.3 Å². The van der Waals surface area contributed by atoms with E-state index in [9.17, 15) is 4.79 Å². The van der Waals surface area contributed by atoms with Crippen LogP contribution in [0.3, 0.4) is 0 Å². The zero-order chi connectivity index (χ0) is 13.5. The Balaban J connectivity index is 1.61. The number of amides is 1. The van der Waals surface area contributed by atoms with Crippen LogP contribution in [0.15, 0.2) is 18.7 Å². The molecule has 1 aliphatic carbocycles. The molecule has 104 valence electrons. The average Bonchev–Trinajstić information content (AvgIpc) is 2.46. The van der Waals surface area contributed by atoms with E-state index in [0.29, 0.717) is 24.8 Å². The fourth-order valence-corrected chi connectivity index (χ4v) is 2.16. The van der Waals surface area contributed by atoms with Gasteiger partial charge in [0.15, 0.2) is 0 Å². The zero-order valence-electron chi connectivity index (χ0n) is 10.9. The number of nitrogens with two attached hydrogens (primary N) is 1. The summed E-state index contributed by atoms with van der Waals surface area (Å²) in [5.41, 5.74) is 6.30. The fraction of sp³-hybridized carbons (Fsp3) is 0.615. The smallest absolute Gasteiger partial charge is 0.254 e. The Morgan fingerprint density at radius 3 is 2.68 bits per heavy atom. The highest BCUT2D eigenvalue weighted by atomic mass is 16.5. The number of carbonyl (C=O) groups is 1. The summed E-state index contributed by atoms with van der Waals surface area (Å²) in [5, 5.41) is 2.78. The molecule has 1 fully saturated rings. The van der Waals surface area contributed by atoms with Crippen LogP contribution in [0.4, 0.5) is 0 Å². The van der Waals surface area contributed by atoms with Gasteiger partial charge in [0.2, 0.25) is 0 Å². The van der Waals surface area contributed by atoms with Gasteiger partial charge in [-0.1, -0.05) is 0 Å². The number of carbonyl (C=O) groups excluding carboxylic acids is 1. The van der Waals surface area contributed by atoms with Crippen LogP contribution in [0.2, 0.25) is 0 Å². The largest absolute Gasteiger partial charge is 0.376 e. The summed E-state index contributed by atoms with van der Waals surface area (Å²) in [6.45, 7) is 1.02. The Morgan fingerprint density at radius 2 is 2.00 bits per heavy atom. The Labute approximate surface area is 112 Å².